The van der Waals surface area contributed by atoms with Crippen molar-refractivity contribution >= 4 is 0 Å². The van der Waals surface area contributed by atoms with Gasteiger partial charge in [0, 0.05) is 43.8 Å². The van der Waals surface area contributed by atoms with Crippen LogP contribution in [-0.2, 0) is 0 Å². The molecular formula is C13H27N3. The van der Waals surface area contributed by atoms with E-state index < -0.39 is 0 Å². The van der Waals surface area contributed by atoms with Crippen LogP contribution < -0.4 is 5.73 Å². The van der Waals surface area contributed by atoms with E-state index in [1.165, 1.54) is 45.4 Å². The Morgan fingerprint density at radius 3 is 2.00 bits per heavy atom. The molecule has 2 rings (SSSR count). The van der Waals surface area contributed by atoms with Crippen LogP contribution in [0.2, 0.25) is 0 Å². The molecule has 0 amide bonds. The van der Waals surface area contributed by atoms with Crippen molar-refractivity contribution in [1.82, 2.24) is 9.80 Å². The molecule has 3 heteroatoms. The van der Waals surface area contributed by atoms with Crippen LogP contribution in [0, 0.1) is 0 Å². The van der Waals surface area contributed by atoms with Crippen molar-refractivity contribution in [2.45, 2.75) is 51.1 Å². The van der Waals surface area contributed by atoms with Gasteiger partial charge < -0.3 is 5.73 Å². The highest BCUT2D eigenvalue weighted by Crippen LogP contribution is 2.30. The monoisotopic (exact) mass is 225 g/mol. The topological polar surface area (TPSA) is 32.5 Å². The van der Waals surface area contributed by atoms with Crippen molar-refractivity contribution in [1.29, 1.82) is 0 Å². The summed E-state index contributed by atoms with van der Waals surface area (Å²) in [5, 5.41) is 0. The molecule has 2 N–H and O–H groups in total. The molecule has 2 aliphatic rings. The van der Waals surface area contributed by atoms with E-state index in [1.54, 1.807) is 0 Å². The van der Waals surface area contributed by atoms with Gasteiger partial charge in [-0.05, 0) is 40.0 Å². The average Bonchev–Trinajstić information content (AvgIpc) is 2.15. The van der Waals surface area contributed by atoms with Crippen LogP contribution in [0.5, 0.6) is 0 Å². The van der Waals surface area contributed by atoms with Gasteiger partial charge in [-0.3, -0.25) is 9.80 Å². The molecule has 0 radical (unpaired) electrons. The van der Waals surface area contributed by atoms with Crippen molar-refractivity contribution in [3.63, 3.8) is 0 Å². The summed E-state index contributed by atoms with van der Waals surface area (Å²) in [5.41, 5.74) is 6.78. The van der Waals surface area contributed by atoms with Crippen molar-refractivity contribution < 1.29 is 0 Å². The average molecular weight is 225 g/mol. The standard InChI is InChI=1S/C13H27N3/c1-12(2,3)16-9-7-15(8-10-16)11-13(14)5-4-6-13/h4-11,14H2,1-3H3. The van der Waals surface area contributed by atoms with E-state index in [0.717, 1.165) is 6.54 Å². The third-order valence-corrected chi connectivity index (χ3v) is 4.21. The molecule has 1 heterocycles. The van der Waals surface area contributed by atoms with Gasteiger partial charge >= 0.3 is 0 Å². The highest BCUT2D eigenvalue weighted by Gasteiger charge is 2.35. The lowest BCUT2D eigenvalue weighted by Crippen LogP contribution is -2.60. The van der Waals surface area contributed by atoms with Crippen LogP contribution in [0.25, 0.3) is 0 Å². The van der Waals surface area contributed by atoms with Crippen molar-refractivity contribution in [3.05, 3.63) is 0 Å². The third-order valence-electron chi connectivity index (χ3n) is 4.21. The van der Waals surface area contributed by atoms with Gasteiger partial charge in [0.2, 0.25) is 0 Å². The summed E-state index contributed by atoms with van der Waals surface area (Å²) in [6.45, 7) is 12.8. The maximum Gasteiger partial charge on any atom is 0.0283 e. The van der Waals surface area contributed by atoms with Crippen molar-refractivity contribution in [3.8, 4) is 0 Å². The molecule has 0 bridgehead atoms. The molecule has 3 nitrogen and oxygen atoms in total. The van der Waals surface area contributed by atoms with E-state index in [4.69, 9.17) is 5.73 Å². The predicted molar refractivity (Wildman–Crippen MR) is 68.5 cm³/mol. The SMILES string of the molecule is CC(C)(C)N1CCN(CC2(N)CCC2)CC1. The number of nitrogens with two attached hydrogens (primary N) is 1. The van der Waals surface area contributed by atoms with E-state index in [-0.39, 0.29) is 5.54 Å². The maximum absolute atomic E-state index is 6.30. The van der Waals surface area contributed by atoms with E-state index in [9.17, 15) is 0 Å². The van der Waals surface area contributed by atoms with Gasteiger partial charge in [0.15, 0.2) is 0 Å². The Morgan fingerprint density at radius 1 is 1.06 bits per heavy atom. The molecule has 0 atom stereocenters. The van der Waals surface area contributed by atoms with E-state index in [0.29, 0.717) is 5.54 Å². The van der Waals surface area contributed by atoms with Gasteiger partial charge in [-0.15, -0.1) is 0 Å². The molecule has 94 valence electrons. The minimum absolute atomic E-state index is 0.157. The number of hydrogen-bond donors (Lipinski definition) is 1. The van der Waals surface area contributed by atoms with Crippen LogP contribution >= 0.6 is 0 Å². The molecule has 0 aromatic carbocycles. The van der Waals surface area contributed by atoms with Crippen LogP contribution in [0.4, 0.5) is 0 Å². The minimum atomic E-state index is 0.157. The second-order valence-corrected chi connectivity index (χ2v) is 6.65. The summed E-state index contributed by atoms with van der Waals surface area (Å²) >= 11 is 0. The van der Waals surface area contributed by atoms with Gasteiger partial charge in [-0.25, -0.2) is 0 Å². The summed E-state index contributed by atoms with van der Waals surface area (Å²) in [7, 11) is 0. The molecule has 1 saturated heterocycles. The first-order valence-electron chi connectivity index (χ1n) is 6.65. The summed E-state index contributed by atoms with van der Waals surface area (Å²) in [4.78, 5) is 5.13. The first-order chi connectivity index (χ1) is 7.39. The van der Waals surface area contributed by atoms with E-state index in [2.05, 4.69) is 30.6 Å². The lowest BCUT2D eigenvalue weighted by atomic mass is 9.77. The lowest BCUT2D eigenvalue weighted by Gasteiger charge is -2.47. The summed E-state index contributed by atoms with van der Waals surface area (Å²) in [6, 6.07) is 0. The van der Waals surface area contributed by atoms with Gasteiger partial charge in [0.05, 0.1) is 0 Å². The summed E-state index contributed by atoms with van der Waals surface area (Å²) in [5.74, 6) is 0. The Bertz CT molecular complexity index is 232. The number of hydrogen-bond acceptors (Lipinski definition) is 3. The highest BCUT2D eigenvalue weighted by atomic mass is 15.3. The highest BCUT2D eigenvalue weighted by molar-refractivity contribution is 4.96. The van der Waals surface area contributed by atoms with Gasteiger partial charge in [0.25, 0.3) is 0 Å². The van der Waals surface area contributed by atoms with Crippen molar-refractivity contribution in [2.24, 2.45) is 5.73 Å². The molecule has 2 fully saturated rings. The van der Waals surface area contributed by atoms with Crippen LogP contribution in [0.1, 0.15) is 40.0 Å². The van der Waals surface area contributed by atoms with Crippen LogP contribution in [0.3, 0.4) is 0 Å². The molecule has 0 spiro atoms. The Labute approximate surface area is 100.0 Å². The summed E-state index contributed by atoms with van der Waals surface area (Å²) in [6.07, 6.45) is 3.79. The van der Waals surface area contributed by atoms with Crippen LogP contribution in [-0.4, -0.2) is 53.6 Å². The fourth-order valence-corrected chi connectivity index (χ4v) is 2.81. The Kier molecular flexibility index (Phi) is 3.30. The number of rotatable bonds is 2. The van der Waals surface area contributed by atoms with Crippen molar-refractivity contribution in [2.75, 3.05) is 32.7 Å². The predicted octanol–water partition coefficient (Wildman–Crippen LogP) is 1.28. The van der Waals surface area contributed by atoms with Gasteiger partial charge in [-0.2, -0.15) is 0 Å². The Balaban J connectivity index is 1.77. The Hall–Kier alpha value is -0.120. The molecule has 1 aliphatic heterocycles. The Morgan fingerprint density at radius 2 is 1.62 bits per heavy atom. The molecule has 16 heavy (non-hydrogen) atoms. The molecule has 1 saturated carbocycles. The zero-order chi connectivity index (χ0) is 11.8. The quantitative estimate of drug-likeness (QED) is 0.768. The summed E-state index contributed by atoms with van der Waals surface area (Å²) < 4.78 is 0. The molecule has 0 aromatic rings. The first kappa shape index (κ1) is 12.3. The second-order valence-electron chi connectivity index (χ2n) is 6.65. The maximum atomic E-state index is 6.30. The molecule has 0 unspecified atom stereocenters. The molecule has 1 aliphatic carbocycles. The fourth-order valence-electron chi connectivity index (χ4n) is 2.81. The number of piperazine rings is 1. The van der Waals surface area contributed by atoms with Crippen LogP contribution in [0.15, 0.2) is 0 Å². The molecule has 0 aromatic heterocycles. The first-order valence-corrected chi connectivity index (χ1v) is 6.65. The normalized spacial score (nSPS) is 27.8. The minimum Gasteiger partial charge on any atom is -0.324 e. The second kappa shape index (κ2) is 4.28. The zero-order valence-electron chi connectivity index (χ0n) is 11.1. The van der Waals surface area contributed by atoms with Gasteiger partial charge in [0.1, 0.15) is 0 Å². The largest absolute Gasteiger partial charge is 0.324 e. The van der Waals surface area contributed by atoms with E-state index in [1.807, 2.05) is 0 Å². The fraction of sp³-hybridized carbons (Fsp3) is 1.00. The smallest absolute Gasteiger partial charge is 0.0283 e. The number of nitrogens with zero attached hydrogens (tertiary/aromatic N) is 2. The lowest BCUT2D eigenvalue weighted by molar-refractivity contribution is 0.0417. The van der Waals surface area contributed by atoms with Gasteiger partial charge in [-0.1, -0.05) is 0 Å². The zero-order valence-corrected chi connectivity index (χ0v) is 11.1. The third kappa shape index (κ3) is 2.76. The molecular weight excluding hydrogens is 198 g/mol. The van der Waals surface area contributed by atoms with E-state index >= 15 is 0 Å².